The highest BCUT2D eigenvalue weighted by Crippen LogP contribution is 2.30. The zero-order chi connectivity index (χ0) is 39.7. The molecule has 6 amide bonds. The number of unbranched alkanes of at least 4 members (excludes halogenated alkanes) is 2. The number of ether oxygens (including phenoxy) is 1. The molecule has 0 bridgehead atoms. The Hall–Kier alpha value is -4.96. The number of esters is 1. The molecule has 0 aliphatic carbocycles. The largest absolute Gasteiger partial charge is 0.461 e. The van der Waals surface area contributed by atoms with Crippen LogP contribution in [0.5, 0.6) is 0 Å². The molecule has 0 aromatic heterocycles. The van der Waals surface area contributed by atoms with Crippen molar-refractivity contribution in [3.05, 3.63) is 47.5 Å². The number of rotatable bonds is 9. The molecule has 14 nitrogen and oxygen atoms in total. The first-order chi connectivity index (χ1) is 25.5. The smallest absolute Gasteiger partial charge is 0.416 e. The number of fused-ring (bicyclic) bond motifs is 2. The molecule has 1 aromatic rings. The fraction of sp³-hybridized carbons (Fsp3) is 0.595. The summed E-state index contributed by atoms with van der Waals surface area (Å²) in [5.41, 5.74) is -0.887. The summed E-state index contributed by atoms with van der Waals surface area (Å²) in [6.45, 7) is 4.50. The summed E-state index contributed by atoms with van der Waals surface area (Å²) in [6.07, 6.45) is 1.34. The molecule has 3 aliphatic heterocycles. The lowest BCUT2D eigenvalue weighted by Crippen LogP contribution is -2.60. The van der Waals surface area contributed by atoms with E-state index >= 15 is 0 Å². The van der Waals surface area contributed by atoms with E-state index in [0.29, 0.717) is 19.3 Å². The Labute approximate surface area is 312 Å². The second-order valence-electron chi connectivity index (χ2n) is 13.9. The van der Waals surface area contributed by atoms with Crippen LogP contribution in [0.3, 0.4) is 0 Å². The molecule has 0 unspecified atom stereocenters. The van der Waals surface area contributed by atoms with Crippen molar-refractivity contribution >= 4 is 41.4 Å². The summed E-state index contributed by atoms with van der Waals surface area (Å²) in [5.74, 6) is -5.03. The molecule has 17 heteroatoms. The first-order valence-electron chi connectivity index (χ1n) is 18.3. The first-order valence-corrected chi connectivity index (χ1v) is 18.3. The lowest BCUT2D eigenvalue weighted by molar-refractivity contribution is -0.158. The van der Waals surface area contributed by atoms with Crippen molar-refractivity contribution in [3.8, 4) is 0 Å². The number of hydrogen-bond acceptors (Lipinski definition) is 8. The highest BCUT2D eigenvalue weighted by atomic mass is 19.4. The fourth-order valence-electron chi connectivity index (χ4n) is 6.77. The monoisotopic (exact) mass is 762 g/mol. The number of benzene rings is 1. The summed E-state index contributed by atoms with van der Waals surface area (Å²) in [5, 5.41) is 7.66. The molecule has 296 valence electrons. The first kappa shape index (κ1) is 41.8. The number of alkyl halides is 3. The van der Waals surface area contributed by atoms with Crippen LogP contribution in [0.1, 0.15) is 76.8 Å². The van der Waals surface area contributed by atoms with Gasteiger partial charge >= 0.3 is 12.1 Å². The van der Waals surface area contributed by atoms with E-state index in [1.165, 1.54) is 53.8 Å². The van der Waals surface area contributed by atoms with Gasteiger partial charge in [-0.2, -0.15) is 13.2 Å². The number of carbonyl (C=O) groups is 7. The molecule has 3 heterocycles. The van der Waals surface area contributed by atoms with Gasteiger partial charge in [-0.1, -0.05) is 44.0 Å². The summed E-state index contributed by atoms with van der Waals surface area (Å²) >= 11 is 0. The number of allylic oxidation sites excluding steroid dienone is 1. The maximum absolute atomic E-state index is 14.2. The molecule has 3 saturated heterocycles. The molecule has 0 spiro atoms. The number of likely N-dealkylation sites (N-methyl/N-ethyl adjacent to an activating group) is 1. The Morgan fingerprint density at radius 3 is 2.33 bits per heavy atom. The van der Waals surface area contributed by atoms with Crippen LogP contribution < -0.4 is 16.0 Å². The molecule has 3 N–H and O–H groups in total. The van der Waals surface area contributed by atoms with Gasteiger partial charge in [0.05, 0.1) is 5.56 Å². The average molecular weight is 763 g/mol. The van der Waals surface area contributed by atoms with E-state index in [2.05, 4.69) is 16.0 Å². The van der Waals surface area contributed by atoms with Gasteiger partial charge in [-0.15, -0.1) is 0 Å². The van der Waals surface area contributed by atoms with E-state index in [0.717, 1.165) is 25.0 Å². The molecule has 4 rings (SSSR count). The number of halogens is 3. The van der Waals surface area contributed by atoms with Crippen molar-refractivity contribution in [2.24, 2.45) is 0 Å². The van der Waals surface area contributed by atoms with Crippen molar-refractivity contribution < 1.29 is 51.5 Å². The fourth-order valence-corrected chi connectivity index (χ4v) is 6.77. The van der Waals surface area contributed by atoms with Gasteiger partial charge in [0, 0.05) is 26.6 Å². The molecule has 6 atom stereocenters. The Bertz CT molecular complexity index is 1620. The van der Waals surface area contributed by atoms with E-state index in [1.807, 2.05) is 6.92 Å². The molecular weight excluding hydrogens is 713 g/mol. The highest BCUT2D eigenvalue weighted by molar-refractivity contribution is 5.98. The van der Waals surface area contributed by atoms with E-state index in [9.17, 15) is 46.7 Å². The predicted octanol–water partition coefficient (Wildman–Crippen LogP) is 1.85. The minimum atomic E-state index is -4.67. The van der Waals surface area contributed by atoms with E-state index in [1.54, 1.807) is 6.08 Å². The number of carbonyl (C=O) groups excluding carboxylic acids is 7. The number of cyclic esters (lactones) is 1. The molecule has 3 fully saturated rings. The SMILES string of the molecule is CCCCC=CC(=O)N[C@@H](Cc1cccc(C(F)(F)F)c1)C(=O)N[C@H]1COC(=O)[C@@H]2CCCN2C(=O)[C@H](C)NC(=O)[C@H](C)N(C)C(=O)[C@@H]2CCCN2C1=O. The van der Waals surface area contributed by atoms with Crippen LogP contribution in [0, 0.1) is 0 Å². The molecule has 54 heavy (non-hydrogen) atoms. The summed E-state index contributed by atoms with van der Waals surface area (Å²) in [4.78, 5) is 98.5. The third kappa shape index (κ3) is 10.4. The molecule has 0 saturated carbocycles. The van der Waals surface area contributed by atoms with Crippen molar-refractivity contribution in [1.82, 2.24) is 30.7 Å². The Morgan fingerprint density at radius 2 is 1.67 bits per heavy atom. The molecule has 3 aliphatic rings. The van der Waals surface area contributed by atoms with Gasteiger partial charge in [-0.25, -0.2) is 4.79 Å². The van der Waals surface area contributed by atoms with Crippen LogP contribution in [-0.4, -0.2) is 119 Å². The maximum atomic E-state index is 14.2. The number of amides is 6. The van der Waals surface area contributed by atoms with Gasteiger partial charge in [-0.05, 0) is 63.7 Å². The van der Waals surface area contributed by atoms with Gasteiger partial charge in [0.1, 0.15) is 42.9 Å². The zero-order valence-electron chi connectivity index (χ0n) is 30.9. The Morgan fingerprint density at radius 1 is 1.00 bits per heavy atom. The standard InChI is InChI=1S/C37H49F3N6O8/c1-5-6-7-8-16-30(47)42-26(20-24-12-9-13-25(19-24)37(38,39)40)32(49)43-27-21-54-36(53)29-15-11-18-46(29)33(50)22(2)41-31(48)23(3)44(4)35(52)28-14-10-17-45(28)34(27)51/h8-9,12-13,16,19,22-23,26-29H,5-7,10-11,14-15,17-18,20-21H2,1-4H3,(H,41,48)(H,42,47)(H,43,49)/t22-,23-,26-,27-,28-,29-/m0/s1. The zero-order valence-corrected chi connectivity index (χ0v) is 30.9. The minimum absolute atomic E-state index is 0.0719. The number of hydrogen-bond donors (Lipinski definition) is 3. The van der Waals surface area contributed by atoms with Crippen molar-refractivity contribution in [3.63, 3.8) is 0 Å². The summed E-state index contributed by atoms with van der Waals surface area (Å²) < 4.78 is 46.2. The van der Waals surface area contributed by atoms with Gasteiger partial charge < -0.3 is 35.4 Å². The summed E-state index contributed by atoms with van der Waals surface area (Å²) in [6, 6.07) is -2.96. The predicted molar refractivity (Wildman–Crippen MR) is 188 cm³/mol. The quantitative estimate of drug-likeness (QED) is 0.194. The second kappa shape index (κ2) is 18.4. The van der Waals surface area contributed by atoms with Crippen molar-refractivity contribution in [1.29, 1.82) is 0 Å². The van der Waals surface area contributed by atoms with Crippen LogP contribution in [-0.2, 0) is 50.9 Å². The van der Waals surface area contributed by atoms with E-state index in [-0.39, 0.29) is 31.5 Å². The third-order valence-corrected chi connectivity index (χ3v) is 9.99. The van der Waals surface area contributed by atoms with Crippen LogP contribution in [0.25, 0.3) is 0 Å². The third-order valence-electron chi connectivity index (χ3n) is 9.99. The van der Waals surface area contributed by atoms with Crippen LogP contribution >= 0.6 is 0 Å². The van der Waals surface area contributed by atoms with E-state index in [4.69, 9.17) is 4.74 Å². The van der Waals surface area contributed by atoms with Crippen LogP contribution in [0.2, 0.25) is 0 Å². The van der Waals surface area contributed by atoms with Crippen LogP contribution in [0.15, 0.2) is 36.4 Å². The Kier molecular flexibility index (Phi) is 14.2. The van der Waals surface area contributed by atoms with Crippen molar-refractivity contribution in [2.75, 3.05) is 26.7 Å². The average Bonchev–Trinajstić information content (AvgIpc) is 3.83. The van der Waals surface area contributed by atoms with Gasteiger partial charge in [-0.3, -0.25) is 28.8 Å². The maximum Gasteiger partial charge on any atom is 0.416 e. The summed E-state index contributed by atoms with van der Waals surface area (Å²) in [7, 11) is 1.40. The minimum Gasteiger partial charge on any atom is -0.461 e. The van der Waals surface area contributed by atoms with Crippen molar-refractivity contribution in [2.45, 2.75) is 115 Å². The van der Waals surface area contributed by atoms with Crippen LogP contribution in [0.4, 0.5) is 13.2 Å². The lowest BCUT2D eigenvalue weighted by Gasteiger charge is -2.34. The second-order valence-corrected chi connectivity index (χ2v) is 13.9. The highest BCUT2D eigenvalue weighted by Gasteiger charge is 2.43. The molecule has 1 aromatic carbocycles. The number of nitrogens with one attached hydrogen (secondary N) is 3. The van der Waals surface area contributed by atoms with Gasteiger partial charge in [0.2, 0.25) is 35.4 Å². The molecule has 0 radical (unpaired) electrons. The Balaban J connectivity index is 1.67. The normalized spacial score (nSPS) is 25.3. The lowest BCUT2D eigenvalue weighted by atomic mass is 10.0. The number of nitrogens with zero attached hydrogens (tertiary/aromatic N) is 3. The molecular formula is C37H49F3N6O8. The van der Waals surface area contributed by atoms with Gasteiger partial charge in [0.25, 0.3) is 0 Å². The topological polar surface area (TPSA) is 175 Å². The van der Waals surface area contributed by atoms with Gasteiger partial charge in [0.15, 0.2) is 0 Å². The van der Waals surface area contributed by atoms with E-state index < -0.39 is 102 Å².